The molecule has 3 heteroatoms. The van der Waals surface area contributed by atoms with E-state index in [1.54, 1.807) is 0 Å². The topological polar surface area (TPSA) is 32.3 Å². The van der Waals surface area contributed by atoms with Crippen molar-refractivity contribution in [1.29, 1.82) is 0 Å². The van der Waals surface area contributed by atoms with Gasteiger partial charge in [0.15, 0.2) is 0 Å². The van der Waals surface area contributed by atoms with Crippen LogP contribution in [0.1, 0.15) is 24.3 Å². The minimum atomic E-state index is 0.364. The molecule has 1 aromatic rings. The first-order valence-electron chi connectivity index (χ1n) is 5.00. The van der Waals surface area contributed by atoms with Crippen LogP contribution in [-0.2, 0) is 0 Å². The molecule has 0 bridgehead atoms. The second kappa shape index (κ2) is 4.24. The van der Waals surface area contributed by atoms with E-state index in [0.717, 1.165) is 31.5 Å². The molecule has 0 unspecified atom stereocenters. The predicted octanol–water partition coefficient (Wildman–Crippen LogP) is 2.15. The third-order valence-electron chi connectivity index (χ3n) is 2.82. The van der Waals surface area contributed by atoms with Crippen LogP contribution in [-0.4, -0.2) is 18.2 Å². The Hall–Kier alpha value is -0.670. The van der Waals surface area contributed by atoms with Crippen LogP contribution in [0.25, 0.3) is 0 Å². The van der Waals surface area contributed by atoms with E-state index < -0.39 is 0 Å². The lowest BCUT2D eigenvalue weighted by atomic mass is 9.90. The zero-order chi connectivity index (χ0) is 9.97. The Morgan fingerprint density at radius 2 is 2.00 bits per heavy atom. The lowest BCUT2D eigenvalue weighted by molar-refractivity contribution is 0.417. The first-order chi connectivity index (χ1) is 6.79. The molecule has 0 aliphatic carbocycles. The van der Waals surface area contributed by atoms with Crippen LogP contribution in [0.4, 0.5) is 0 Å². The average Bonchev–Trinajstić information content (AvgIpc) is 2.23. The lowest BCUT2D eigenvalue weighted by Gasteiger charge is -2.23. The van der Waals surface area contributed by atoms with Crippen molar-refractivity contribution in [3.8, 4) is 5.75 Å². The van der Waals surface area contributed by atoms with Gasteiger partial charge in [0.1, 0.15) is 5.75 Å². The van der Waals surface area contributed by atoms with Gasteiger partial charge in [-0.2, -0.15) is 0 Å². The summed E-state index contributed by atoms with van der Waals surface area (Å²) in [5, 5.41) is 13.2. The molecule has 0 aromatic heterocycles. The number of hydrogen-bond donors (Lipinski definition) is 3. The van der Waals surface area contributed by atoms with E-state index in [4.69, 9.17) is 0 Å². The molecule has 2 rings (SSSR count). The molecule has 0 amide bonds. The number of nitrogens with one attached hydrogen (secondary N) is 1. The largest absolute Gasteiger partial charge is 0.506 e. The second-order valence-corrected chi connectivity index (χ2v) is 4.22. The number of aromatic hydroxyl groups is 1. The summed E-state index contributed by atoms with van der Waals surface area (Å²) in [6.45, 7) is 2.09. The monoisotopic (exact) mass is 209 g/mol. The molecular formula is C11H15NOS. The van der Waals surface area contributed by atoms with Gasteiger partial charge in [-0.3, -0.25) is 0 Å². The molecular weight excluding hydrogens is 194 g/mol. The minimum Gasteiger partial charge on any atom is -0.506 e. The quantitative estimate of drug-likeness (QED) is 0.619. The van der Waals surface area contributed by atoms with Crippen LogP contribution < -0.4 is 5.32 Å². The zero-order valence-corrected chi connectivity index (χ0v) is 8.93. The van der Waals surface area contributed by atoms with Crippen molar-refractivity contribution in [2.24, 2.45) is 0 Å². The van der Waals surface area contributed by atoms with Crippen molar-refractivity contribution < 1.29 is 5.11 Å². The zero-order valence-electron chi connectivity index (χ0n) is 8.03. The van der Waals surface area contributed by atoms with Gasteiger partial charge in [0.05, 0.1) is 0 Å². The number of rotatable bonds is 1. The third kappa shape index (κ3) is 1.88. The fourth-order valence-electron chi connectivity index (χ4n) is 2.01. The highest BCUT2D eigenvalue weighted by Crippen LogP contribution is 2.35. The van der Waals surface area contributed by atoms with Gasteiger partial charge in [-0.15, -0.1) is 12.6 Å². The Labute approximate surface area is 89.7 Å². The van der Waals surface area contributed by atoms with E-state index in [2.05, 4.69) is 17.9 Å². The predicted molar refractivity (Wildman–Crippen MR) is 60.2 cm³/mol. The number of thiol groups is 1. The Kier molecular flexibility index (Phi) is 2.99. The van der Waals surface area contributed by atoms with Crippen LogP contribution in [0.3, 0.4) is 0 Å². The van der Waals surface area contributed by atoms with Gasteiger partial charge < -0.3 is 10.4 Å². The molecule has 1 aliphatic rings. The fraction of sp³-hybridized carbons (Fsp3) is 0.455. The Morgan fingerprint density at radius 1 is 1.29 bits per heavy atom. The second-order valence-electron chi connectivity index (χ2n) is 3.74. The van der Waals surface area contributed by atoms with Gasteiger partial charge in [-0.25, -0.2) is 0 Å². The maximum absolute atomic E-state index is 9.85. The minimum absolute atomic E-state index is 0.364. The van der Waals surface area contributed by atoms with Crippen molar-refractivity contribution in [2.75, 3.05) is 13.1 Å². The molecule has 1 fully saturated rings. The van der Waals surface area contributed by atoms with Crippen molar-refractivity contribution in [1.82, 2.24) is 5.32 Å². The number of hydrogen-bond acceptors (Lipinski definition) is 3. The van der Waals surface area contributed by atoms with Crippen molar-refractivity contribution in [3.63, 3.8) is 0 Å². The van der Waals surface area contributed by atoms with E-state index in [1.807, 2.05) is 18.2 Å². The highest BCUT2D eigenvalue weighted by Gasteiger charge is 2.18. The first kappa shape index (κ1) is 9.87. The van der Waals surface area contributed by atoms with Crippen LogP contribution >= 0.6 is 12.6 Å². The number of phenolic OH excluding ortho intramolecular Hbond substituents is 1. The Bertz CT molecular complexity index is 321. The highest BCUT2D eigenvalue weighted by molar-refractivity contribution is 7.80. The summed E-state index contributed by atoms with van der Waals surface area (Å²) in [4.78, 5) is 0.682. The highest BCUT2D eigenvalue weighted by atomic mass is 32.1. The number of piperidine rings is 1. The summed E-state index contributed by atoms with van der Waals surface area (Å²) in [5.74, 6) is 0.853. The van der Waals surface area contributed by atoms with Crippen LogP contribution in [0.15, 0.2) is 23.1 Å². The molecule has 14 heavy (non-hydrogen) atoms. The standard InChI is InChI=1S/C11H15NOS/c13-11-9(2-1-3-10(11)14)8-4-6-12-7-5-8/h1-3,8,12-14H,4-7H2. The number of phenols is 1. The third-order valence-corrected chi connectivity index (χ3v) is 3.19. The fourth-order valence-corrected chi connectivity index (χ4v) is 2.23. The number of para-hydroxylation sites is 1. The smallest absolute Gasteiger partial charge is 0.132 e. The van der Waals surface area contributed by atoms with Crippen LogP contribution in [0, 0.1) is 0 Å². The van der Waals surface area contributed by atoms with Crippen molar-refractivity contribution in [3.05, 3.63) is 23.8 Å². The molecule has 76 valence electrons. The first-order valence-corrected chi connectivity index (χ1v) is 5.45. The summed E-state index contributed by atoms with van der Waals surface area (Å²) < 4.78 is 0. The summed E-state index contributed by atoms with van der Waals surface area (Å²) in [5.41, 5.74) is 1.05. The van der Waals surface area contributed by atoms with E-state index in [9.17, 15) is 5.11 Å². The molecule has 0 spiro atoms. The molecule has 1 saturated heterocycles. The maximum Gasteiger partial charge on any atom is 0.132 e. The van der Waals surface area contributed by atoms with Gasteiger partial charge in [-0.05, 0) is 43.5 Å². The maximum atomic E-state index is 9.85. The van der Waals surface area contributed by atoms with E-state index >= 15 is 0 Å². The van der Waals surface area contributed by atoms with Gasteiger partial charge in [0.25, 0.3) is 0 Å². The normalized spacial score (nSPS) is 18.4. The number of benzene rings is 1. The lowest BCUT2D eigenvalue weighted by Crippen LogP contribution is -2.26. The van der Waals surface area contributed by atoms with Gasteiger partial charge in [-0.1, -0.05) is 12.1 Å². The van der Waals surface area contributed by atoms with Gasteiger partial charge in [0, 0.05) is 4.90 Å². The summed E-state index contributed by atoms with van der Waals surface area (Å²) in [6, 6.07) is 5.79. The van der Waals surface area contributed by atoms with E-state index in [1.165, 1.54) is 0 Å². The summed E-state index contributed by atoms with van der Waals surface area (Å²) in [7, 11) is 0. The SMILES string of the molecule is Oc1c(S)cccc1C1CCNCC1. The average molecular weight is 209 g/mol. The van der Waals surface area contributed by atoms with E-state index in [0.29, 0.717) is 16.6 Å². The Balaban J connectivity index is 2.26. The van der Waals surface area contributed by atoms with Crippen LogP contribution in [0.2, 0.25) is 0 Å². The van der Waals surface area contributed by atoms with E-state index in [-0.39, 0.29) is 0 Å². The molecule has 0 radical (unpaired) electrons. The van der Waals surface area contributed by atoms with Gasteiger partial charge >= 0.3 is 0 Å². The molecule has 1 heterocycles. The van der Waals surface area contributed by atoms with Crippen LogP contribution in [0.5, 0.6) is 5.75 Å². The molecule has 1 aromatic carbocycles. The molecule has 0 saturated carbocycles. The van der Waals surface area contributed by atoms with Crippen molar-refractivity contribution in [2.45, 2.75) is 23.7 Å². The summed E-state index contributed by atoms with van der Waals surface area (Å²) >= 11 is 4.22. The molecule has 1 aliphatic heterocycles. The summed E-state index contributed by atoms with van der Waals surface area (Å²) in [6.07, 6.45) is 2.20. The molecule has 2 nitrogen and oxygen atoms in total. The Morgan fingerprint density at radius 3 is 2.71 bits per heavy atom. The molecule has 2 N–H and O–H groups in total. The van der Waals surface area contributed by atoms with Crippen molar-refractivity contribution >= 4 is 12.6 Å². The van der Waals surface area contributed by atoms with Gasteiger partial charge in [0.2, 0.25) is 0 Å². The molecule has 0 atom stereocenters.